The number of benzene rings is 2. The van der Waals surface area contributed by atoms with E-state index in [9.17, 15) is 9.59 Å². The molecule has 132 valence electrons. The van der Waals surface area contributed by atoms with Crippen molar-refractivity contribution in [3.63, 3.8) is 0 Å². The van der Waals surface area contributed by atoms with Crippen LogP contribution >= 0.6 is 11.6 Å². The summed E-state index contributed by atoms with van der Waals surface area (Å²) >= 11 is 6.05. The monoisotopic (exact) mass is 361 g/mol. The number of hydrogen-bond donors (Lipinski definition) is 1. The van der Waals surface area contributed by atoms with E-state index < -0.39 is 5.97 Å². The van der Waals surface area contributed by atoms with Gasteiger partial charge < -0.3 is 14.8 Å². The molecule has 25 heavy (non-hydrogen) atoms. The third-order valence-electron chi connectivity index (χ3n) is 3.36. The fourth-order valence-electron chi connectivity index (χ4n) is 2.08. The van der Waals surface area contributed by atoms with Crippen molar-refractivity contribution in [3.05, 3.63) is 58.6 Å². The second-order valence-electron chi connectivity index (χ2n) is 5.72. The summed E-state index contributed by atoms with van der Waals surface area (Å²) in [6.45, 7) is 5.20. The molecule has 5 nitrogen and oxygen atoms in total. The maximum atomic E-state index is 12.3. The van der Waals surface area contributed by atoms with E-state index in [1.807, 2.05) is 6.92 Å². The summed E-state index contributed by atoms with van der Waals surface area (Å²) in [7, 11) is 0. The molecule has 0 heterocycles. The predicted octanol–water partition coefficient (Wildman–Crippen LogP) is 4.23. The first-order valence-electron chi connectivity index (χ1n) is 7.85. The van der Waals surface area contributed by atoms with E-state index in [-0.39, 0.29) is 18.6 Å². The van der Waals surface area contributed by atoms with Crippen LogP contribution in [0.1, 0.15) is 29.8 Å². The van der Waals surface area contributed by atoms with Crippen molar-refractivity contribution in [2.75, 3.05) is 11.9 Å². The second kappa shape index (κ2) is 8.53. The van der Waals surface area contributed by atoms with Gasteiger partial charge in [-0.25, -0.2) is 4.79 Å². The van der Waals surface area contributed by atoms with Crippen LogP contribution in [0, 0.1) is 6.92 Å². The molecule has 6 heteroatoms. The molecule has 1 N–H and O–H groups in total. The summed E-state index contributed by atoms with van der Waals surface area (Å²) in [6.07, 6.45) is -0.183. The molecule has 0 saturated carbocycles. The molecule has 2 rings (SSSR count). The average Bonchev–Trinajstić information content (AvgIpc) is 2.57. The van der Waals surface area contributed by atoms with Crippen LogP contribution in [-0.4, -0.2) is 24.6 Å². The molecule has 0 aromatic heterocycles. The van der Waals surface area contributed by atoms with Gasteiger partial charge in [-0.3, -0.25) is 4.79 Å². The van der Waals surface area contributed by atoms with Gasteiger partial charge in [0.1, 0.15) is 5.75 Å². The summed E-state index contributed by atoms with van der Waals surface area (Å²) in [5.41, 5.74) is 1.94. The number of esters is 1. The minimum Gasteiger partial charge on any atom is -0.482 e. The Bertz CT molecular complexity index is 757. The normalized spacial score (nSPS) is 10.4. The molecule has 0 unspecified atom stereocenters. The number of anilines is 1. The Balaban J connectivity index is 1.96. The summed E-state index contributed by atoms with van der Waals surface area (Å²) in [4.78, 5) is 23.7. The van der Waals surface area contributed by atoms with Crippen LogP contribution in [0.4, 0.5) is 5.69 Å². The molecular formula is C19H20ClNO4. The van der Waals surface area contributed by atoms with Crippen LogP contribution in [0.2, 0.25) is 5.02 Å². The van der Waals surface area contributed by atoms with Gasteiger partial charge in [-0.05, 0) is 62.7 Å². The number of halogens is 1. The van der Waals surface area contributed by atoms with Gasteiger partial charge in [0.05, 0.1) is 6.10 Å². The van der Waals surface area contributed by atoms with Crippen molar-refractivity contribution >= 4 is 29.2 Å². The van der Waals surface area contributed by atoms with E-state index >= 15 is 0 Å². The third kappa shape index (κ3) is 5.50. The van der Waals surface area contributed by atoms with Gasteiger partial charge in [-0.1, -0.05) is 17.7 Å². The molecule has 0 aliphatic rings. The molecule has 0 spiro atoms. The highest BCUT2D eigenvalue weighted by atomic mass is 35.5. The average molecular weight is 362 g/mol. The minimum atomic E-state index is -0.437. The van der Waals surface area contributed by atoms with Gasteiger partial charge in [0.2, 0.25) is 0 Å². The summed E-state index contributed by atoms with van der Waals surface area (Å²) in [5, 5.41) is 3.41. The Morgan fingerprint density at radius 1 is 1.12 bits per heavy atom. The van der Waals surface area contributed by atoms with Gasteiger partial charge in [0.25, 0.3) is 5.91 Å². The molecular weight excluding hydrogens is 342 g/mol. The molecule has 0 aliphatic carbocycles. The Kier molecular flexibility index (Phi) is 6.42. The van der Waals surface area contributed by atoms with Crippen LogP contribution in [0.3, 0.4) is 0 Å². The van der Waals surface area contributed by atoms with Crippen molar-refractivity contribution in [1.29, 1.82) is 0 Å². The minimum absolute atomic E-state index is 0.175. The van der Waals surface area contributed by atoms with Gasteiger partial charge >= 0.3 is 5.97 Å². The van der Waals surface area contributed by atoms with E-state index in [1.54, 1.807) is 56.3 Å². The number of amides is 1. The molecule has 2 aromatic carbocycles. The SMILES string of the molecule is Cc1c(Cl)cccc1NC(=O)c1ccc(OCC(=O)OC(C)C)cc1. The third-order valence-corrected chi connectivity index (χ3v) is 3.77. The standard InChI is InChI=1S/C19H20ClNO4/c1-12(2)25-18(22)11-24-15-9-7-14(8-10-15)19(23)21-17-6-4-5-16(20)13(17)3/h4-10,12H,11H2,1-3H3,(H,21,23). The maximum Gasteiger partial charge on any atom is 0.344 e. The first-order chi connectivity index (χ1) is 11.9. The molecule has 0 atom stereocenters. The van der Waals surface area contributed by atoms with E-state index in [0.29, 0.717) is 22.0 Å². The highest BCUT2D eigenvalue weighted by Crippen LogP contribution is 2.23. The highest BCUT2D eigenvalue weighted by molar-refractivity contribution is 6.31. The quantitative estimate of drug-likeness (QED) is 0.782. The summed E-state index contributed by atoms with van der Waals surface area (Å²) < 4.78 is 10.3. The zero-order chi connectivity index (χ0) is 18.4. The highest BCUT2D eigenvalue weighted by Gasteiger charge is 2.10. The zero-order valence-electron chi connectivity index (χ0n) is 14.3. The molecule has 2 aromatic rings. The molecule has 0 aliphatic heterocycles. The van der Waals surface area contributed by atoms with Crippen LogP contribution in [0.5, 0.6) is 5.75 Å². The maximum absolute atomic E-state index is 12.3. The van der Waals surface area contributed by atoms with Crippen LogP contribution in [0.15, 0.2) is 42.5 Å². The van der Waals surface area contributed by atoms with Crippen LogP contribution in [-0.2, 0) is 9.53 Å². The lowest BCUT2D eigenvalue weighted by Crippen LogP contribution is -2.18. The van der Waals surface area contributed by atoms with Crippen molar-refractivity contribution in [3.8, 4) is 5.75 Å². The van der Waals surface area contributed by atoms with E-state index in [1.165, 1.54) is 0 Å². The topological polar surface area (TPSA) is 64.6 Å². The summed E-state index contributed by atoms with van der Waals surface area (Å²) in [6, 6.07) is 11.8. The van der Waals surface area contributed by atoms with E-state index in [0.717, 1.165) is 5.56 Å². The van der Waals surface area contributed by atoms with E-state index in [2.05, 4.69) is 5.32 Å². The van der Waals surface area contributed by atoms with Gasteiger partial charge in [0, 0.05) is 16.3 Å². The lowest BCUT2D eigenvalue weighted by Gasteiger charge is -2.11. The Labute approximate surface area is 151 Å². The number of hydrogen-bond acceptors (Lipinski definition) is 4. The molecule has 1 amide bonds. The van der Waals surface area contributed by atoms with Crippen molar-refractivity contribution < 1.29 is 19.1 Å². The molecule has 0 saturated heterocycles. The lowest BCUT2D eigenvalue weighted by atomic mass is 10.1. The van der Waals surface area contributed by atoms with Crippen molar-refractivity contribution in [2.24, 2.45) is 0 Å². The van der Waals surface area contributed by atoms with Crippen molar-refractivity contribution in [2.45, 2.75) is 26.9 Å². The Morgan fingerprint density at radius 2 is 1.80 bits per heavy atom. The first kappa shape index (κ1) is 18.8. The molecule has 0 bridgehead atoms. The fraction of sp³-hybridized carbons (Fsp3) is 0.263. The lowest BCUT2D eigenvalue weighted by molar-refractivity contribution is -0.149. The van der Waals surface area contributed by atoms with Crippen molar-refractivity contribution in [1.82, 2.24) is 0 Å². The van der Waals surface area contributed by atoms with Crippen LogP contribution in [0.25, 0.3) is 0 Å². The number of carbonyl (C=O) groups excluding carboxylic acids is 2. The van der Waals surface area contributed by atoms with E-state index in [4.69, 9.17) is 21.1 Å². The number of rotatable bonds is 6. The van der Waals surface area contributed by atoms with Gasteiger partial charge in [-0.15, -0.1) is 0 Å². The summed E-state index contributed by atoms with van der Waals surface area (Å²) in [5.74, 6) is -0.208. The Hall–Kier alpha value is -2.53. The smallest absolute Gasteiger partial charge is 0.344 e. The second-order valence-corrected chi connectivity index (χ2v) is 6.13. The zero-order valence-corrected chi connectivity index (χ0v) is 15.1. The van der Waals surface area contributed by atoms with Gasteiger partial charge in [0.15, 0.2) is 6.61 Å². The number of nitrogens with one attached hydrogen (secondary N) is 1. The largest absolute Gasteiger partial charge is 0.482 e. The Morgan fingerprint density at radius 3 is 2.44 bits per heavy atom. The molecule has 0 radical (unpaired) electrons. The van der Waals surface area contributed by atoms with Gasteiger partial charge in [-0.2, -0.15) is 0 Å². The number of ether oxygens (including phenoxy) is 2. The number of carbonyl (C=O) groups is 2. The fourth-order valence-corrected chi connectivity index (χ4v) is 2.25. The van der Waals surface area contributed by atoms with Crippen LogP contribution < -0.4 is 10.1 Å². The first-order valence-corrected chi connectivity index (χ1v) is 8.23. The predicted molar refractivity (Wildman–Crippen MR) is 97.3 cm³/mol. The molecule has 0 fully saturated rings.